The smallest absolute Gasteiger partial charge is 0.263 e. The second kappa shape index (κ2) is 9.18. The predicted octanol–water partition coefficient (Wildman–Crippen LogP) is 2.46. The molecule has 2 aliphatic rings. The maximum Gasteiger partial charge on any atom is 0.263 e. The fraction of sp³-hybridized carbons (Fsp3) is 0.522. The molecule has 0 spiro atoms. The van der Waals surface area contributed by atoms with E-state index in [-0.39, 0.29) is 23.1 Å². The molecule has 0 aliphatic carbocycles. The minimum Gasteiger partial charge on any atom is -0.478 e. The molecule has 2 aromatic rings. The fourth-order valence-electron chi connectivity index (χ4n) is 4.38. The molecule has 1 amide bonds. The molecule has 2 aliphatic heterocycles. The number of amides is 1. The molecule has 4 rings (SSSR count). The highest BCUT2D eigenvalue weighted by Crippen LogP contribution is 2.27. The van der Waals surface area contributed by atoms with Crippen molar-refractivity contribution < 1.29 is 13.9 Å². The van der Waals surface area contributed by atoms with E-state index in [2.05, 4.69) is 9.88 Å². The van der Waals surface area contributed by atoms with Gasteiger partial charge in [0.05, 0.1) is 11.3 Å². The van der Waals surface area contributed by atoms with Gasteiger partial charge in [0.15, 0.2) is 17.7 Å². The molecule has 1 aromatic carbocycles. The van der Waals surface area contributed by atoms with Crippen LogP contribution in [0.4, 0.5) is 4.39 Å². The fourth-order valence-corrected chi connectivity index (χ4v) is 4.38. The number of nitrogens with zero attached hydrogens (tertiary/aromatic N) is 3. The summed E-state index contributed by atoms with van der Waals surface area (Å²) >= 11 is 0. The number of carbonyl (C=O) groups excluding carboxylic acids is 1. The van der Waals surface area contributed by atoms with Crippen LogP contribution in [0, 0.1) is 5.82 Å². The first-order valence-electron chi connectivity index (χ1n) is 11.0. The number of benzene rings is 1. The number of rotatable bonds is 5. The van der Waals surface area contributed by atoms with Gasteiger partial charge in [-0.1, -0.05) is 19.1 Å². The van der Waals surface area contributed by atoms with Crippen molar-refractivity contribution in [2.75, 3.05) is 26.7 Å². The zero-order valence-electron chi connectivity index (χ0n) is 18.1. The highest BCUT2D eigenvalue weighted by molar-refractivity contribution is 5.81. The summed E-state index contributed by atoms with van der Waals surface area (Å²) in [6.07, 6.45) is 2.12. The summed E-state index contributed by atoms with van der Waals surface area (Å²) in [7, 11) is 1.99. The van der Waals surface area contributed by atoms with Gasteiger partial charge in [-0.2, -0.15) is 0 Å². The standard InChI is InChI=1S/C23H29FN4O3/c1-3-19(31-20-9-5-4-8-17(20)24)23(30)28-11-6-7-15(13-28)21-25-18-10-12-27(2)14-16(18)22(29)26-21/h4-5,8-9,15,19H,3,6-7,10-14H2,1-2H3,(H,25,26,29)/t15-,19+/m0/s1. The molecular formula is C23H29FN4O3. The van der Waals surface area contributed by atoms with Crippen molar-refractivity contribution >= 4 is 5.91 Å². The Morgan fingerprint density at radius 3 is 2.94 bits per heavy atom. The van der Waals surface area contributed by atoms with Crippen molar-refractivity contribution in [3.63, 3.8) is 0 Å². The van der Waals surface area contributed by atoms with E-state index in [0.29, 0.717) is 31.9 Å². The number of halogens is 1. The summed E-state index contributed by atoms with van der Waals surface area (Å²) in [4.78, 5) is 37.4. The van der Waals surface area contributed by atoms with E-state index in [4.69, 9.17) is 9.72 Å². The normalized spacial score (nSPS) is 20.2. The number of carbonyl (C=O) groups is 1. The number of hydrogen-bond donors (Lipinski definition) is 1. The van der Waals surface area contributed by atoms with Gasteiger partial charge in [0.25, 0.3) is 11.5 Å². The lowest BCUT2D eigenvalue weighted by molar-refractivity contribution is -0.140. The number of aromatic nitrogens is 2. The van der Waals surface area contributed by atoms with Crippen molar-refractivity contribution in [2.24, 2.45) is 0 Å². The Morgan fingerprint density at radius 2 is 2.16 bits per heavy atom. The number of aromatic amines is 1. The Morgan fingerprint density at radius 1 is 1.35 bits per heavy atom. The average molecular weight is 429 g/mol. The summed E-state index contributed by atoms with van der Waals surface area (Å²) in [5.41, 5.74) is 1.53. The zero-order valence-corrected chi connectivity index (χ0v) is 18.1. The van der Waals surface area contributed by atoms with Gasteiger partial charge in [-0.3, -0.25) is 9.59 Å². The largest absolute Gasteiger partial charge is 0.478 e. The van der Waals surface area contributed by atoms with Gasteiger partial charge >= 0.3 is 0 Å². The number of H-pyrrole nitrogens is 1. The maximum atomic E-state index is 14.0. The lowest BCUT2D eigenvalue weighted by atomic mass is 9.95. The van der Waals surface area contributed by atoms with E-state index in [1.54, 1.807) is 17.0 Å². The monoisotopic (exact) mass is 428 g/mol. The number of hydrogen-bond acceptors (Lipinski definition) is 5. The lowest BCUT2D eigenvalue weighted by Gasteiger charge is -2.34. The minimum atomic E-state index is -0.748. The molecule has 0 unspecified atom stereocenters. The Kier molecular flexibility index (Phi) is 6.36. The third kappa shape index (κ3) is 4.63. The van der Waals surface area contributed by atoms with Crippen LogP contribution in [0.1, 0.15) is 49.2 Å². The zero-order chi connectivity index (χ0) is 22.0. The van der Waals surface area contributed by atoms with Crippen molar-refractivity contribution in [3.05, 3.63) is 57.5 Å². The first-order chi connectivity index (χ1) is 15.0. The molecule has 166 valence electrons. The number of ether oxygens (including phenoxy) is 1. The highest BCUT2D eigenvalue weighted by Gasteiger charge is 2.32. The number of piperidine rings is 1. The molecule has 2 atom stereocenters. The molecular weight excluding hydrogens is 399 g/mol. The van der Waals surface area contributed by atoms with Gasteiger partial charge < -0.3 is 19.5 Å². The molecule has 1 aromatic heterocycles. The summed E-state index contributed by atoms with van der Waals surface area (Å²) < 4.78 is 19.7. The number of likely N-dealkylation sites (tertiary alicyclic amines) is 1. The molecule has 0 bridgehead atoms. The third-order valence-electron chi connectivity index (χ3n) is 6.15. The van der Waals surface area contributed by atoms with Crippen molar-refractivity contribution in [2.45, 2.75) is 51.2 Å². The molecule has 7 nitrogen and oxygen atoms in total. The van der Waals surface area contributed by atoms with Crippen LogP contribution in [-0.2, 0) is 17.8 Å². The van der Waals surface area contributed by atoms with Crippen molar-refractivity contribution in [1.29, 1.82) is 0 Å². The van der Waals surface area contributed by atoms with Gasteiger partial charge in [-0.25, -0.2) is 9.37 Å². The first kappa shape index (κ1) is 21.5. The molecule has 0 radical (unpaired) electrons. The molecule has 3 heterocycles. The Hall–Kier alpha value is -2.74. The first-order valence-corrected chi connectivity index (χ1v) is 11.0. The molecule has 0 saturated carbocycles. The minimum absolute atomic E-state index is 0.0266. The van der Waals surface area contributed by atoms with Crippen LogP contribution >= 0.6 is 0 Å². The van der Waals surface area contributed by atoms with E-state index in [1.165, 1.54) is 12.1 Å². The quantitative estimate of drug-likeness (QED) is 0.792. The second-order valence-corrected chi connectivity index (χ2v) is 8.43. The van der Waals surface area contributed by atoms with Crippen LogP contribution in [0.5, 0.6) is 5.75 Å². The third-order valence-corrected chi connectivity index (χ3v) is 6.15. The van der Waals surface area contributed by atoms with Crippen LogP contribution < -0.4 is 10.3 Å². The Bertz CT molecular complexity index is 1010. The van der Waals surface area contributed by atoms with Gasteiger partial charge in [0.1, 0.15) is 5.82 Å². The van der Waals surface area contributed by atoms with Gasteiger partial charge in [-0.15, -0.1) is 0 Å². The van der Waals surface area contributed by atoms with E-state index in [0.717, 1.165) is 37.1 Å². The van der Waals surface area contributed by atoms with Crippen LogP contribution in [0.2, 0.25) is 0 Å². The summed E-state index contributed by atoms with van der Waals surface area (Å²) in [5, 5.41) is 0. The average Bonchev–Trinajstić information content (AvgIpc) is 2.78. The van der Waals surface area contributed by atoms with Crippen LogP contribution in [0.3, 0.4) is 0 Å². The molecule has 1 fully saturated rings. The van der Waals surface area contributed by atoms with Gasteiger partial charge in [0.2, 0.25) is 0 Å². The van der Waals surface area contributed by atoms with Crippen molar-refractivity contribution in [3.8, 4) is 5.75 Å². The van der Waals surface area contributed by atoms with Crippen molar-refractivity contribution in [1.82, 2.24) is 19.8 Å². The molecule has 1 N–H and O–H groups in total. The van der Waals surface area contributed by atoms with E-state index >= 15 is 0 Å². The lowest BCUT2D eigenvalue weighted by Crippen LogP contribution is -2.46. The second-order valence-electron chi connectivity index (χ2n) is 8.43. The topological polar surface area (TPSA) is 78.5 Å². The summed E-state index contributed by atoms with van der Waals surface area (Å²) in [6, 6.07) is 6.12. The number of para-hydroxylation sites is 1. The van der Waals surface area contributed by atoms with E-state index < -0.39 is 11.9 Å². The van der Waals surface area contributed by atoms with E-state index in [1.807, 2.05) is 14.0 Å². The summed E-state index contributed by atoms with van der Waals surface area (Å²) in [6.45, 7) is 4.43. The Labute approximate surface area is 181 Å². The molecule has 1 saturated heterocycles. The number of likely N-dealkylation sites (N-methyl/N-ethyl adjacent to an activating group) is 1. The van der Waals surface area contributed by atoms with Gasteiger partial charge in [-0.05, 0) is 38.4 Å². The molecule has 31 heavy (non-hydrogen) atoms. The van der Waals surface area contributed by atoms with Crippen LogP contribution in [0.25, 0.3) is 0 Å². The number of fused-ring (bicyclic) bond motifs is 1. The van der Waals surface area contributed by atoms with Gasteiger partial charge in [0, 0.05) is 38.5 Å². The number of nitrogens with one attached hydrogen (secondary N) is 1. The van der Waals surface area contributed by atoms with Crippen LogP contribution in [0.15, 0.2) is 29.1 Å². The highest BCUT2D eigenvalue weighted by atomic mass is 19.1. The molecule has 8 heteroatoms. The summed E-state index contributed by atoms with van der Waals surface area (Å²) in [5.74, 6) is 0.0845. The van der Waals surface area contributed by atoms with Crippen LogP contribution in [-0.4, -0.2) is 58.5 Å². The maximum absolute atomic E-state index is 14.0. The van der Waals surface area contributed by atoms with E-state index in [9.17, 15) is 14.0 Å². The Balaban J connectivity index is 1.49. The SMILES string of the molecule is CC[C@@H](Oc1ccccc1F)C(=O)N1CCC[C@H](c2nc3c(c(=O)[nH]2)CN(C)CC3)C1. The predicted molar refractivity (Wildman–Crippen MR) is 115 cm³/mol.